The number of halogens is 2. The van der Waals surface area contributed by atoms with Crippen LogP contribution in [-0.4, -0.2) is 108 Å². The molecule has 0 radical (unpaired) electrons. The average molecular weight is 675 g/mol. The van der Waals surface area contributed by atoms with E-state index in [1.54, 1.807) is 29.8 Å². The van der Waals surface area contributed by atoms with Crippen molar-refractivity contribution in [2.24, 2.45) is 0 Å². The van der Waals surface area contributed by atoms with Crippen molar-refractivity contribution < 1.29 is 23.8 Å². The van der Waals surface area contributed by atoms with Crippen molar-refractivity contribution in [1.82, 2.24) is 29.7 Å². The molecule has 0 spiro atoms. The fourth-order valence-electron chi connectivity index (χ4n) is 5.81. The van der Waals surface area contributed by atoms with Gasteiger partial charge in [-0.3, -0.25) is 23.9 Å². The van der Waals surface area contributed by atoms with Crippen LogP contribution in [0, 0.1) is 0 Å². The SMILES string of the molecule is C=CC(=O)NC1COCC1Nc1ncc2cc(-c3c(Cl)c(OC)cc(OC)c3Cl)c(=O)n(CCC3CN(C(C)=O)CCN3C)c2n1. The van der Waals surface area contributed by atoms with Crippen molar-refractivity contribution in [3.63, 3.8) is 0 Å². The summed E-state index contributed by atoms with van der Waals surface area (Å²) in [5.41, 5.74) is 0.505. The minimum Gasteiger partial charge on any atom is -0.495 e. The smallest absolute Gasteiger partial charge is 0.260 e. The zero-order chi connectivity index (χ0) is 33.1. The van der Waals surface area contributed by atoms with Gasteiger partial charge in [0.1, 0.15) is 17.1 Å². The van der Waals surface area contributed by atoms with Gasteiger partial charge in [-0.05, 0) is 25.6 Å². The third-order valence-electron chi connectivity index (χ3n) is 8.49. The van der Waals surface area contributed by atoms with Crippen LogP contribution in [0.15, 0.2) is 35.8 Å². The summed E-state index contributed by atoms with van der Waals surface area (Å²) < 4.78 is 18.1. The van der Waals surface area contributed by atoms with Gasteiger partial charge in [-0.25, -0.2) is 4.98 Å². The molecule has 2 saturated heterocycles. The molecule has 2 amide bonds. The predicted molar refractivity (Wildman–Crippen MR) is 176 cm³/mol. The van der Waals surface area contributed by atoms with Crippen LogP contribution in [-0.2, 0) is 20.9 Å². The van der Waals surface area contributed by atoms with E-state index in [4.69, 9.17) is 42.4 Å². The number of pyridine rings is 1. The number of carbonyl (C=O) groups is 2. The molecule has 246 valence electrons. The van der Waals surface area contributed by atoms with Crippen molar-refractivity contribution in [3.8, 4) is 22.6 Å². The summed E-state index contributed by atoms with van der Waals surface area (Å²) in [6.45, 7) is 7.91. The Morgan fingerprint density at radius 2 is 1.83 bits per heavy atom. The summed E-state index contributed by atoms with van der Waals surface area (Å²) in [7, 11) is 4.94. The zero-order valence-electron chi connectivity index (χ0n) is 26.1. The molecule has 13 nitrogen and oxygen atoms in total. The number of amides is 2. The number of ether oxygens (including phenoxy) is 3. The molecule has 1 aromatic carbocycles. The zero-order valence-corrected chi connectivity index (χ0v) is 27.7. The maximum absolute atomic E-state index is 14.4. The minimum absolute atomic E-state index is 0.0108. The number of anilines is 1. The number of rotatable bonds is 10. The molecule has 2 N–H and O–H groups in total. The maximum atomic E-state index is 14.4. The van der Waals surface area contributed by atoms with Gasteiger partial charge in [0.2, 0.25) is 17.8 Å². The number of fused-ring (bicyclic) bond motifs is 1. The van der Waals surface area contributed by atoms with Gasteiger partial charge in [0.15, 0.2) is 0 Å². The fraction of sp³-hybridized carbons (Fsp3) is 0.452. The molecular weight excluding hydrogens is 637 g/mol. The van der Waals surface area contributed by atoms with Crippen molar-refractivity contribution >= 4 is 52.0 Å². The quantitative estimate of drug-likeness (QED) is 0.309. The molecule has 2 aliphatic heterocycles. The molecule has 2 aromatic heterocycles. The van der Waals surface area contributed by atoms with E-state index in [2.05, 4.69) is 27.1 Å². The van der Waals surface area contributed by atoms with E-state index < -0.39 is 0 Å². The topological polar surface area (TPSA) is 140 Å². The Balaban J connectivity index is 1.59. The highest BCUT2D eigenvalue weighted by Crippen LogP contribution is 2.45. The lowest BCUT2D eigenvalue weighted by Crippen LogP contribution is -2.53. The Labute approximate surface area is 276 Å². The third kappa shape index (κ3) is 6.77. The number of benzene rings is 1. The van der Waals surface area contributed by atoms with Crippen LogP contribution in [0.25, 0.3) is 22.2 Å². The molecule has 46 heavy (non-hydrogen) atoms. The van der Waals surface area contributed by atoms with Crippen LogP contribution >= 0.6 is 23.2 Å². The lowest BCUT2D eigenvalue weighted by Gasteiger charge is -2.39. The number of carbonyl (C=O) groups excluding carboxylic acids is 2. The summed E-state index contributed by atoms with van der Waals surface area (Å²) in [6, 6.07) is 2.59. The van der Waals surface area contributed by atoms with Crippen molar-refractivity contribution in [2.75, 3.05) is 59.4 Å². The normalized spacial score (nSPS) is 20.0. The second-order valence-electron chi connectivity index (χ2n) is 11.3. The van der Waals surface area contributed by atoms with E-state index in [-0.39, 0.29) is 69.2 Å². The highest BCUT2D eigenvalue weighted by Gasteiger charge is 2.31. The number of hydrogen-bond acceptors (Lipinski definition) is 10. The number of likely N-dealkylation sites (N-methyl/N-ethyl adjacent to an activating group) is 1. The highest BCUT2D eigenvalue weighted by atomic mass is 35.5. The molecule has 2 aliphatic rings. The van der Waals surface area contributed by atoms with E-state index in [1.807, 2.05) is 11.9 Å². The first-order valence-electron chi connectivity index (χ1n) is 14.8. The highest BCUT2D eigenvalue weighted by molar-refractivity contribution is 6.41. The van der Waals surface area contributed by atoms with E-state index in [0.29, 0.717) is 55.3 Å². The van der Waals surface area contributed by atoms with E-state index in [0.717, 1.165) is 6.54 Å². The van der Waals surface area contributed by atoms with Gasteiger partial charge in [-0.1, -0.05) is 29.8 Å². The number of nitrogens with one attached hydrogen (secondary N) is 2. The molecule has 5 rings (SSSR count). The number of hydrogen-bond donors (Lipinski definition) is 2. The van der Waals surface area contributed by atoms with Gasteiger partial charge < -0.3 is 29.7 Å². The predicted octanol–water partition coefficient (Wildman–Crippen LogP) is 2.82. The first kappa shape index (κ1) is 33.5. The summed E-state index contributed by atoms with van der Waals surface area (Å²) in [4.78, 5) is 51.8. The summed E-state index contributed by atoms with van der Waals surface area (Å²) in [6.07, 6.45) is 3.37. The van der Waals surface area contributed by atoms with Gasteiger partial charge in [0.05, 0.1) is 55.1 Å². The monoisotopic (exact) mass is 673 g/mol. The van der Waals surface area contributed by atoms with Crippen LogP contribution < -0.4 is 25.7 Å². The Bertz CT molecular complexity index is 1690. The number of piperazine rings is 1. The number of aromatic nitrogens is 3. The molecule has 0 bridgehead atoms. The first-order valence-corrected chi connectivity index (χ1v) is 15.6. The van der Waals surface area contributed by atoms with E-state index in [9.17, 15) is 14.4 Å². The standard InChI is InChI=1S/C31H37Cl2N7O6/c1-6-25(42)35-21-15-46-16-22(21)36-31-34-13-18-11-20(26-27(32)23(44-4)12-24(45-5)28(26)33)30(43)40(29(18)37-31)8-7-19-14-39(17(2)41)10-9-38(19)3/h6,11-13,19,21-22H,1,7-10,14-16H2,2-5H3,(H,35,42)(H,34,36,37). The van der Waals surface area contributed by atoms with Crippen LogP contribution in [0.4, 0.5) is 5.95 Å². The number of aryl methyl sites for hydroxylation is 1. The van der Waals surface area contributed by atoms with Crippen molar-refractivity contribution in [2.45, 2.75) is 38.0 Å². The molecule has 0 saturated carbocycles. The molecule has 0 aliphatic carbocycles. The lowest BCUT2D eigenvalue weighted by atomic mass is 10.0. The Kier molecular flexibility index (Phi) is 10.4. The summed E-state index contributed by atoms with van der Waals surface area (Å²) in [5.74, 6) is 0.555. The first-order chi connectivity index (χ1) is 22.1. The molecule has 4 heterocycles. The molecule has 15 heteroatoms. The van der Waals surface area contributed by atoms with Crippen LogP contribution in [0.1, 0.15) is 13.3 Å². The molecule has 3 unspecified atom stereocenters. The average Bonchev–Trinajstić information content (AvgIpc) is 3.47. The van der Waals surface area contributed by atoms with E-state index >= 15 is 0 Å². The van der Waals surface area contributed by atoms with Crippen molar-refractivity contribution in [1.29, 1.82) is 0 Å². The van der Waals surface area contributed by atoms with Crippen LogP contribution in [0.3, 0.4) is 0 Å². The van der Waals surface area contributed by atoms with Gasteiger partial charge >= 0.3 is 0 Å². The number of nitrogens with zero attached hydrogens (tertiary/aromatic N) is 5. The van der Waals surface area contributed by atoms with Gasteiger partial charge in [-0.2, -0.15) is 4.98 Å². The molecule has 3 atom stereocenters. The van der Waals surface area contributed by atoms with Gasteiger partial charge in [-0.15, -0.1) is 0 Å². The molecule has 3 aromatic rings. The van der Waals surface area contributed by atoms with E-state index in [1.165, 1.54) is 20.3 Å². The molecular formula is C31H37Cl2N7O6. The lowest BCUT2D eigenvalue weighted by molar-refractivity contribution is -0.131. The summed E-state index contributed by atoms with van der Waals surface area (Å²) in [5, 5.41) is 6.98. The molecule has 2 fully saturated rings. The Morgan fingerprint density at radius 1 is 1.13 bits per heavy atom. The number of methoxy groups -OCH3 is 2. The second kappa shape index (κ2) is 14.2. The Hall–Kier alpha value is -3.91. The maximum Gasteiger partial charge on any atom is 0.260 e. The van der Waals surface area contributed by atoms with Crippen LogP contribution in [0.5, 0.6) is 11.5 Å². The van der Waals surface area contributed by atoms with Crippen molar-refractivity contribution in [3.05, 3.63) is 51.4 Å². The van der Waals surface area contributed by atoms with Gasteiger partial charge in [0.25, 0.3) is 5.56 Å². The van der Waals surface area contributed by atoms with Crippen LogP contribution in [0.2, 0.25) is 10.0 Å². The third-order valence-corrected chi connectivity index (χ3v) is 9.24. The fourth-order valence-corrected chi connectivity index (χ4v) is 6.51. The Morgan fingerprint density at radius 3 is 2.48 bits per heavy atom. The largest absolute Gasteiger partial charge is 0.495 e. The second-order valence-corrected chi connectivity index (χ2v) is 12.0. The minimum atomic E-state index is -0.376. The summed E-state index contributed by atoms with van der Waals surface area (Å²) >= 11 is 13.5. The van der Waals surface area contributed by atoms with Gasteiger partial charge in [0, 0.05) is 62.4 Å².